The third-order valence-corrected chi connectivity index (χ3v) is 7.88. The number of benzene rings is 1. The Morgan fingerprint density at radius 1 is 1.31 bits per heavy atom. The smallest absolute Gasteiger partial charge is 0.255 e. The van der Waals surface area contributed by atoms with Gasteiger partial charge in [-0.3, -0.25) is 4.79 Å². The summed E-state index contributed by atoms with van der Waals surface area (Å²) in [5.41, 5.74) is 0.543. The minimum atomic E-state index is -3.48. The molecule has 1 aliphatic rings. The molecule has 0 atom stereocenters. The lowest BCUT2D eigenvalue weighted by molar-refractivity contribution is 0.0710. The average Bonchev–Trinajstić information content (AvgIpc) is 3.18. The molecular formula is C17H19BrN2O4S2. The molecule has 2 heterocycles. The Morgan fingerprint density at radius 3 is 2.65 bits per heavy atom. The maximum atomic E-state index is 12.8. The first-order valence-electron chi connectivity index (χ1n) is 8.09. The van der Waals surface area contributed by atoms with E-state index in [0.717, 1.165) is 0 Å². The van der Waals surface area contributed by atoms with Crippen LogP contribution in [-0.2, 0) is 10.0 Å². The van der Waals surface area contributed by atoms with Crippen molar-refractivity contribution < 1.29 is 17.9 Å². The van der Waals surface area contributed by atoms with Crippen molar-refractivity contribution in [3.8, 4) is 5.75 Å². The van der Waals surface area contributed by atoms with Crippen LogP contribution in [0.2, 0.25) is 0 Å². The van der Waals surface area contributed by atoms with Gasteiger partial charge in [-0.15, -0.1) is 11.3 Å². The number of sulfonamides is 1. The summed E-state index contributed by atoms with van der Waals surface area (Å²) in [7, 11) is -1.92. The number of rotatable bonds is 5. The van der Waals surface area contributed by atoms with E-state index >= 15 is 0 Å². The van der Waals surface area contributed by atoms with Crippen LogP contribution in [0.15, 0.2) is 44.4 Å². The average molecular weight is 459 g/mol. The van der Waals surface area contributed by atoms with Gasteiger partial charge in [-0.2, -0.15) is 0 Å². The zero-order valence-corrected chi connectivity index (χ0v) is 17.4. The molecule has 1 aliphatic heterocycles. The number of likely N-dealkylation sites (tertiary alicyclic amines) is 1. The van der Waals surface area contributed by atoms with Crippen molar-refractivity contribution in [3.63, 3.8) is 0 Å². The summed E-state index contributed by atoms with van der Waals surface area (Å²) < 4.78 is 33.6. The molecule has 1 amide bonds. The topological polar surface area (TPSA) is 75.7 Å². The van der Waals surface area contributed by atoms with Gasteiger partial charge in [0.25, 0.3) is 5.91 Å². The van der Waals surface area contributed by atoms with Crippen LogP contribution in [0.5, 0.6) is 5.75 Å². The SMILES string of the molecule is COc1ccc(Br)c(C(=O)N2CCC(NS(=O)(=O)c3cccs3)CC2)c1. The largest absolute Gasteiger partial charge is 0.497 e. The molecule has 1 N–H and O–H groups in total. The number of halogens is 1. The van der Waals surface area contributed by atoms with Crippen LogP contribution < -0.4 is 9.46 Å². The third kappa shape index (κ3) is 4.28. The van der Waals surface area contributed by atoms with Gasteiger partial charge in [0.2, 0.25) is 10.0 Å². The minimum Gasteiger partial charge on any atom is -0.497 e. The maximum Gasteiger partial charge on any atom is 0.255 e. The van der Waals surface area contributed by atoms with E-state index in [1.807, 2.05) is 0 Å². The third-order valence-electron chi connectivity index (χ3n) is 4.27. The molecule has 0 spiro atoms. The Balaban J connectivity index is 1.63. The predicted octanol–water partition coefficient (Wildman–Crippen LogP) is 3.10. The summed E-state index contributed by atoms with van der Waals surface area (Å²) in [6.07, 6.45) is 1.16. The molecular weight excluding hydrogens is 440 g/mol. The number of hydrogen-bond donors (Lipinski definition) is 1. The molecule has 1 aromatic heterocycles. The number of nitrogens with one attached hydrogen (secondary N) is 1. The zero-order valence-electron chi connectivity index (χ0n) is 14.1. The van der Waals surface area contributed by atoms with Crippen LogP contribution in [0.4, 0.5) is 0 Å². The second-order valence-electron chi connectivity index (χ2n) is 5.97. The molecule has 140 valence electrons. The maximum absolute atomic E-state index is 12.8. The predicted molar refractivity (Wildman–Crippen MR) is 104 cm³/mol. The zero-order chi connectivity index (χ0) is 18.7. The lowest BCUT2D eigenvalue weighted by Crippen LogP contribution is -2.46. The molecule has 1 saturated heterocycles. The summed E-state index contributed by atoms with van der Waals surface area (Å²) in [5.74, 6) is 0.533. The molecule has 0 bridgehead atoms. The second kappa shape index (κ2) is 8.08. The van der Waals surface area contributed by atoms with E-state index in [1.54, 1.807) is 47.7 Å². The van der Waals surface area contributed by atoms with E-state index in [-0.39, 0.29) is 11.9 Å². The van der Waals surface area contributed by atoms with E-state index in [4.69, 9.17) is 4.74 Å². The van der Waals surface area contributed by atoms with Gasteiger partial charge in [-0.1, -0.05) is 6.07 Å². The molecule has 0 saturated carbocycles. The fourth-order valence-electron chi connectivity index (χ4n) is 2.86. The molecule has 9 heteroatoms. The Labute approximate surface area is 165 Å². The number of piperidine rings is 1. The quantitative estimate of drug-likeness (QED) is 0.746. The van der Waals surface area contributed by atoms with Gasteiger partial charge in [0.1, 0.15) is 9.96 Å². The number of amides is 1. The molecule has 0 radical (unpaired) electrons. The minimum absolute atomic E-state index is 0.0876. The first-order chi connectivity index (χ1) is 12.4. The van der Waals surface area contributed by atoms with Crippen molar-refractivity contribution in [2.45, 2.75) is 23.1 Å². The van der Waals surface area contributed by atoms with Crippen molar-refractivity contribution >= 4 is 43.2 Å². The number of nitrogens with zero attached hydrogens (tertiary/aromatic N) is 1. The van der Waals surface area contributed by atoms with Crippen LogP contribution in [0.25, 0.3) is 0 Å². The summed E-state index contributed by atoms with van der Waals surface area (Å²) in [6, 6.07) is 8.41. The molecule has 1 aromatic carbocycles. The van der Waals surface area contributed by atoms with E-state index in [0.29, 0.717) is 45.9 Å². The van der Waals surface area contributed by atoms with Gasteiger partial charge < -0.3 is 9.64 Å². The van der Waals surface area contributed by atoms with Gasteiger partial charge in [0, 0.05) is 23.6 Å². The summed E-state index contributed by atoms with van der Waals surface area (Å²) >= 11 is 4.60. The second-order valence-corrected chi connectivity index (χ2v) is 9.71. The van der Waals surface area contributed by atoms with Crippen molar-refractivity contribution in [1.82, 2.24) is 9.62 Å². The number of thiophene rings is 1. The van der Waals surface area contributed by atoms with E-state index in [2.05, 4.69) is 20.7 Å². The monoisotopic (exact) mass is 458 g/mol. The van der Waals surface area contributed by atoms with E-state index < -0.39 is 10.0 Å². The van der Waals surface area contributed by atoms with Crippen LogP contribution in [-0.4, -0.2) is 45.5 Å². The number of methoxy groups -OCH3 is 1. The fraction of sp³-hybridized carbons (Fsp3) is 0.353. The summed E-state index contributed by atoms with van der Waals surface area (Å²) in [5, 5.41) is 1.74. The summed E-state index contributed by atoms with van der Waals surface area (Å²) in [4.78, 5) is 14.5. The van der Waals surface area contributed by atoms with Crippen LogP contribution in [0.1, 0.15) is 23.2 Å². The van der Waals surface area contributed by atoms with E-state index in [9.17, 15) is 13.2 Å². The highest BCUT2D eigenvalue weighted by Gasteiger charge is 2.28. The fourth-order valence-corrected chi connectivity index (χ4v) is 5.59. The van der Waals surface area contributed by atoms with E-state index in [1.165, 1.54) is 11.3 Å². The van der Waals surface area contributed by atoms with Gasteiger partial charge in [-0.25, -0.2) is 13.1 Å². The molecule has 3 rings (SSSR count). The van der Waals surface area contributed by atoms with Crippen molar-refractivity contribution in [1.29, 1.82) is 0 Å². The van der Waals surface area contributed by atoms with Crippen LogP contribution >= 0.6 is 27.3 Å². The Morgan fingerprint density at radius 2 is 2.04 bits per heavy atom. The van der Waals surface area contributed by atoms with Gasteiger partial charge in [0.05, 0.1) is 12.7 Å². The Bertz CT molecular complexity index is 876. The van der Waals surface area contributed by atoms with Crippen molar-refractivity contribution in [3.05, 3.63) is 45.7 Å². The van der Waals surface area contributed by atoms with Gasteiger partial charge in [0.15, 0.2) is 0 Å². The molecule has 26 heavy (non-hydrogen) atoms. The first-order valence-corrected chi connectivity index (χ1v) is 11.2. The lowest BCUT2D eigenvalue weighted by Gasteiger charge is -2.32. The molecule has 1 fully saturated rings. The first kappa shape index (κ1) is 19.3. The molecule has 0 unspecified atom stereocenters. The number of ether oxygens (including phenoxy) is 1. The number of carbonyl (C=O) groups is 1. The molecule has 0 aliphatic carbocycles. The highest BCUT2D eigenvalue weighted by molar-refractivity contribution is 9.10. The van der Waals surface area contributed by atoms with Gasteiger partial charge >= 0.3 is 0 Å². The van der Waals surface area contributed by atoms with Crippen LogP contribution in [0.3, 0.4) is 0 Å². The molecule has 6 nitrogen and oxygen atoms in total. The summed E-state index contributed by atoms with van der Waals surface area (Å²) in [6.45, 7) is 1.00. The van der Waals surface area contributed by atoms with Crippen molar-refractivity contribution in [2.75, 3.05) is 20.2 Å². The highest BCUT2D eigenvalue weighted by Crippen LogP contribution is 2.25. The highest BCUT2D eigenvalue weighted by atomic mass is 79.9. The number of hydrogen-bond acceptors (Lipinski definition) is 5. The molecule has 2 aromatic rings. The standard InChI is InChI=1S/C17H19BrN2O4S2/c1-24-13-4-5-15(18)14(11-13)17(21)20-8-6-12(7-9-20)19-26(22,23)16-3-2-10-25-16/h2-5,10-12,19H,6-9H2,1H3. The van der Waals surface area contributed by atoms with Crippen LogP contribution in [0, 0.1) is 0 Å². The number of carbonyl (C=O) groups excluding carboxylic acids is 1. The Hall–Kier alpha value is -1.42. The van der Waals surface area contributed by atoms with Gasteiger partial charge in [-0.05, 0) is 58.4 Å². The normalized spacial score (nSPS) is 15.8. The van der Waals surface area contributed by atoms with Crippen molar-refractivity contribution in [2.24, 2.45) is 0 Å². The lowest BCUT2D eigenvalue weighted by atomic mass is 10.0. The Kier molecular flexibility index (Phi) is 6.01.